The van der Waals surface area contributed by atoms with E-state index >= 15 is 0 Å². The van der Waals surface area contributed by atoms with Gasteiger partial charge in [-0.15, -0.1) is 0 Å². The largest absolute Gasteiger partial charge is 0.494 e. The Morgan fingerprint density at radius 2 is 1.57 bits per heavy atom. The second-order valence-electron chi connectivity index (χ2n) is 4.74. The summed E-state index contributed by atoms with van der Waals surface area (Å²) in [6.45, 7) is 6.97. The minimum Gasteiger partial charge on any atom is -0.494 e. The lowest BCUT2D eigenvalue weighted by atomic mass is 10.3. The van der Waals surface area contributed by atoms with E-state index in [1.807, 2.05) is 43.3 Å². The summed E-state index contributed by atoms with van der Waals surface area (Å²) in [4.78, 5) is 0. The molecule has 21 heavy (non-hydrogen) atoms. The van der Waals surface area contributed by atoms with Gasteiger partial charge < -0.3 is 19.2 Å². The molecule has 0 bridgehead atoms. The molecule has 2 rings (SSSR count). The summed E-state index contributed by atoms with van der Waals surface area (Å²) in [5, 5.41) is 3.31. The van der Waals surface area contributed by atoms with Crippen LogP contribution in [0, 0.1) is 0 Å². The topological polar surface area (TPSA) is 43.6 Å². The van der Waals surface area contributed by atoms with Crippen LogP contribution in [-0.4, -0.2) is 13.2 Å². The summed E-state index contributed by atoms with van der Waals surface area (Å²) in [6.07, 6.45) is 1.12. The van der Waals surface area contributed by atoms with E-state index in [2.05, 4.69) is 12.2 Å². The van der Waals surface area contributed by atoms with Crippen LogP contribution in [0.5, 0.6) is 11.5 Å². The van der Waals surface area contributed by atoms with Gasteiger partial charge in [0.1, 0.15) is 29.6 Å². The molecule has 0 radical (unpaired) electrons. The second kappa shape index (κ2) is 8.37. The van der Waals surface area contributed by atoms with Crippen molar-refractivity contribution in [3.8, 4) is 11.5 Å². The average molecular weight is 289 g/mol. The van der Waals surface area contributed by atoms with Gasteiger partial charge in [0.25, 0.3) is 0 Å². The third kappa shape index (κ3) is 5.16. The quantitative estimate of drug-likeness (QED) is 0.714. The molecule has 0 aliphatic carbocycles. The third-order valence-electron chi connectivity index (χ3n) is 2.96. The summed E-state index contributed by atoms with van der Waals surface area (Å²) < 4.78 is 16.8. The standard InChI is InChI=1S/C17H23NO3/c1-3-11-18-12-16-9-10-17(21-16)13-20-15-7-5-14(6-8-15)19-4-2/h5-10,18H,3-4,11-13H2,1-2H3. The predicted octanol–water partition coefficient (Wildman–Crippen LogP) is 3.76. The maximum Gasteiger partial charge on any atom is 0.146 e. The smallest absolute Gasteiger partial charge is 0.146 e. The van der Waals surface area contributed by atoms with E-state index in [0.29, 0.717) is 13.2 Å². The summed E-state index contributed by atoms with van der Waals surface area (Å²) in [5.41, 5.74) is 0. The van der Waals surface area contributed by atoms with Crippen LogP contribution in [0.1, 0.15) is 31.8 Å². The molecule has 4 heteroatoms. The zero-order chi connectivity index (χ0) is 14.9. The number of benzene rings is 1. The number of ether oxygens (including phenoxy) is 2. The van der Waals surface area contributed by atoms with E-state index in [4.69, 9.17) is 13.9 Å². The molecule has 0 saturated heterocycles. The van der Waals surface area contributed by atoms with Gasteiger partial charge >= 0.3 is 0 Å². The molecule has 0 spiro atoms. The molecule has 114 valence electrons. The van der Waals surface area contributed by atoms with Crippen molar-refractivity contribution in [1.29, 1.82) is 0 Å². The van der Waals surface area contributed by atoms with Crippen molar-refractivity contribution in [3.05, 3.63) is 47.9 Å². The maximum absolute atomic E-state index is 5.70. The van der Waals surface area contributed by atoms with Crippen LogP contribution in [0.2, 0.25) is 0 Å². The zero-order valence-corrected chi connectivity index (χ0v) is 12.7. The fourth-order valence-corrected chi connectivity index (χ4v) is 1.94. The molecular weight excluding hydrogens is 266 g/mol. The minimum absolute atomic E-state index is 0.432. The summed E-state index contributed by atoms with van der Waals surface area (Å²) in [6, 6.07) is 11.6. The molecule has 1 N–H and O–H groups in total. The molecule has 4 nitrogen and oxygen atoms in total. The molecule has 0 amide bonds. The van der Waals surface area contributed by atoms with Crippen LogP contribution >= 0.6 is 0 Å². The molecule has 1 aromatic carbocycles. The Bertz CT molecular complexity index is 519. The number of rotatable bonds is 9. The van der Waals surface area contributed by atoms with Gasteiger partial charge in [0.15, 0.2) is 0 Å². The molecule has 1 heterocycles. The molecule has 0 fully saturated rings. The average Bonchev–Trinajstić information content (AvgIpc) is 2.95. The van der Waals surface area contributed by atoms with Gasteiger partial charge in [-0.1, -0.05) is 6.92 Å². The SMILES string of the molecule is CCCNCc1ccc(COc2ccc(OCC)cc2)o1. The summed E-state index contributed by atoms with van der Waals surface area (Å²) >= 11 is 0. The number of hydrogen-bond acceptors (Lipinski definition) is 4. The van der Waals surface area contributed by atoms with Crippen LogP contribution in [-0.2, 0) is 13.2 Å². The van der Waals surface area contributed by atoms with Crippen molar-refractivity contribution in [2.75, 3.05) is 13.2 Å². The first-order valence-corrected chi connectivity index (χ1v) is 7.45. The molecule has 1 aromatic heterocycles. The second-order valence-corrected chi connectivity index (χ2v) is 4.74. The van der Waals surface area contributed by atoms with E-state index in [-0.39, 0.29) is 0 Å². The molecule has 2 aromatic rings. The van der Waals surface area contributed by atoms with Crippen molar-refractivity contribution < 1.29 is 13.9 Å². The summed E-state index contributed by atoms with van der Waals surface area (Å²) in [7, 11) is 0. The van der Waals surface area contributed by atoms with E-state index in [1.165, 1.54) is 0 Å². The van der Waals surface area contributed by atoms with Crippen LogP contribution in [0.3, 0.4) is 0 Å². The van der Waals surface area contributed by atoms with Crippen molar-refractivity contribution in [3.63, 3.8) is 0 Å². The highest BCUT2D eigenvalue weighted by Crippen LogP contribution is 2.19. The Balaban J connectivity index is 1.79. The van der Waals surface area contributed by atoms with E-state index in [0.717, 1.165) is 42.5 Å². The lowest BCUT2D eigenvalue weighted by Gasteiger charge is -2.06. The zero-order valence-electron chi connectivity index (χ0n) is 12.7. The first-order valence-electron chi connectivity index (χ1n) is 7.45. The Kier molecular flexibility index (Phi) is 6.16. The molecule has 0 unspecified atom stereocenters. The molecule has 0 saturated carbocycles. The van der Waals surface area contributed by atoms with Gasteiger partial charge in [0, 0.05) is 0 Å². The highest BCUT2D eigenvalue weighted by Gasteiger charge is 2.03. The molecule has 0 atom stereocenters. The lowest BCUT2D eigenvalue weighted by molar-refractivity contribution is 0.264. The van der Waals surface area contributed by atoms with Crippen LogP contribution in [0.4, 0.5) is 0 Å². The van der Waals surface area contributed by atoms with Crippen molar-refractivity contribution in [2.45, 2.75) is 33.4 Å². The fourth-order valence-electron chi connectivity index (χ4n) is 1.94. The highest BCUT2D eigenvalue weighted by atomic mass is 16.5. The predicted molar refractivity (Wildman–Crippen MR) is 82.6 cm³/mol. The first kappa shape index (κ1) is 15.4. The van der Waals surface area contributed by atoms with Crippen LogP contribution in [0.25, 0.3) is 0 Å². The monoisotopic (exact) mass is 289 g/mol. The Labute approximate surface area is 126 Å². The Hall–Kier alpha value is -1.94. The van der Waals surface area contributed by atoms with E-state index in [1.54, 1.807) is 0 Å². The fraction of sp³-hybridized carbons (Fsp3) is 0.412. The Morgan fingerprint density at radius 1 is 0.905 bits per heavy atom. The van der Waals surface area contributed by atoms with E-state index in [9.17, 15) is 0 Å². The number of hydrogen-bond donors (Lipinski definition) is 1. The minimum atomic E-state index is 0.432. The number of furan rings is 1. The van der Waals surface area contributed by atoms with Gasteiger partial charge in [0.2, 0.25) is 0 Å². The normalized spacial score (nSPS) is 10.6. The molecular formula is C17H23NO3. The molecule has 0 aliphatic rings. The van der Waals surface area contributed by atoms with Gasteiger partial charge in [-0.2, -0.15) is 0 Å². The van der Waals surface area contributed by atoms with Gasteiger partial charge in [-0.05, 0) is 56.3 Å². The van der Waals surface area contributed by atoms with Gasteiger partial charge in [-0.3, -0.25) is 0 Å². The van der Waals surface area contributed by atoms with Crippen molar-refractivity contribution in [1.82, 2.24) is 5.32 Å². The van der Waals surface area contributed by atoms with Crippen molar-refractivity contribution in [2.24, 2.45) is 0 Å². The third-order valence-corrected chi connectivity index (χ3v) is 2.96. The van der Waals surface area contributed by atoms with Crippen LogP contribution < -0.4 is 14.8 Å². The summed E-state index contributed by atoms with van der Waals surface area (Å²) in [5.74, 6) is 3.43. The van der Waals surface area contributed by atoms with Gasteiger partial charge in [-0.25, -0.2) is 0 Å². The van der Waals surface area contributed by atoms with E-state index < -0.39 is 0 Å². The highest BCUT2D eigenvalue weighted by molar-refractivity contribution is 5.31. The van der Waals surface area contributed by atoms with Crippen LogP contribution in [0.15, 0.2) is 40.8 Å². The maximum atomic E-state index is 5.70. The number of nitrogens with one attached hydrogen (secondary N) is 1. The lowest BCUT2D eigenvalue weighted by Crippen LogP contribution is -2.13. The van der Waals surface area contributed by atoms with Gasteiger partial charge in [0.05, 0.1) is 13.2 Å². The molecule has 0 aliphatic heterocycles. The first-order chi connectivity index (χ1) is 10.3. The van der Waals surface area contributed by atoms with Crippen molar-refractivity contribution >= 4 is 0 Å². The Morgan fingerprint density at radius 3 is 2.24 bits per heavy atom.